The molecule has 1 rings (SSSR count). The molecule has 0 aromatic rings. The molecule has 0 aliphatic heterocycles. The molecule has 0 bridgehead atoms. The van der Waals surface area contributed by atoms with Gasteiger partial charge in [-0.3, -0.25) is 4.79 Å². The van der Waals surface area contributed by atoms with Gasteiger partial charge in [0.15, 0.2) is 0 Å². The molecule has 1 amide bonds. The molecule has 0 heterocycles. The molecule has 0 saturated heterocycles. The molecule has 1 atom stereocenters. The van der Waals surface area contributed by atoms with E-state index in [0.29, 0.717) is 38.7 Å². The molecule has 5 nitrogen and oxygen atoms in total. The van der Waals surface area contributed by atoms with E-state index in [-0.39, 0.29) is 11.9 Å². The van der Waals surface area contributed by atoms with Crippen LogP contribution in [0.5, 0.6) is 0 Å². The van der Waals surface area contributed by atoms with E-state index < -0.39 is 0 Å². The second-order valence-electron chi connectivity index (χ2n) is 4.16. The van der Waals surface area contributed by atoms with Gasteiger partial charge in [-0.2, -0.15) is 0 Å². The fourth-order valence-electron chi connectivity index (χ4n) is 1.42. The summed E-state index contributed by atoms with van der Waals surface area (Å²) in [5, 5.41) is 2.82. The maximum absolute atomic E-state index is 11.3. The zero-order valence-electron chi connectivity index (χ0n) is 9.91. The summed E-state index contributed by atoms with van der Waals surface area (Å²) in [6.45, 7) is 2.12. The highest BCUT2D eigenvalue weighted by Crippen LogP contribution is 2.31. The highest BCUT2D eigenvalue weighted by molar-refractivity contribution is 5.75. The third-order valence-electron chi connectivity index (χ3n) is 2.67. The monoisotopic (exact) mass is 230 g/mol. The van der Waals surface area contributed by atoms with Crippen molar-refractivity contribution in [2.75, 3.05) is 33.5 Å². The summed E-state index contributed by atoms with van der Waals surface area (Å²) in [7, 11) is 1.62. The minimum Gasteiger partial charge on any atom is -0.382 e. The molecule has 3 N–H and O–H groups in total. The highest BCUT2D eigenvalue weighted by Gasteiger charge is 2.28. The summed E-state index contributed by atoms with van der Waals surface area (Å²) in [5.74, 6) is 0.631. The molecule has 0 aromatic heterocycles. The number of amides is 1. The summed E-state index contributed by atoms with van der Waals surface area (Å²) in [5.41, 5.74) is 5.86. The quantitative estimate of drug-likeness (QED) is 0.542. The van der Waals surface area contributed by atoms with Crippen molar-refractivity contribution < 1.29 is 14.3 Å². The first-order valence-electron chi connectivity index (χ1n) is 5.83. The zero-order chi connectivity index (χ0) is 11.8. The normalized spacial score (nSPS) is 17.1. The predicted molar refractivity (Wildman–Crippen MR) is 61.0 cm³/mol. The third kappa shape index (κ3) is 6.05. The van der Waals surface area contributed by atoms with Gasteiger partial charge in [0.2, 0.25) is 5.91 Å². The van der Waals surface area contributed by atoms with Crippen molar-refractivity contribution in [1.29, 1.82) is 0 Å². The van der Waals surface area contributed by atoms with Gasteiger partial charge in [0.05, 0.1) is 19.8 Å². The van der Waals surface area contributed by atoms with Crippen molar-refractivity contribution in [3.63, 3.8) is 0 Å². The Bertz CT molecular complexity index is 207. The number of carbonyl (C=O) groups is 1. The molecule has 1 fully saturated rings. The van der Waals surface area contributed by atoms with Crippen LogP contribution in [0.1, 0.15) is 19.3 Å². The molecule has 5 heteroatoms. The smallest absolute Gasteiger partial charge is 0.222 e. The molecule has 94 valence electrons. The van der Waals surface area contributed by atoms with Crippen LogP contribution in [0.25, 0.3) is 0 Å². The molecule has 0 radical (unpaired) electrons. The van der Waals surface area contributed by atoms with E-state index in [2.05, 4.69) is 5.32 Å². The molecule has 16 heavy (non-hydrogen) atoms. The third-order valence-corrected chi connectivity index (χ3v) is 2.67. The second-order valence-corrected chi connectivity index (χ2v) is 4.16. The Balaban J connectivity index is 1.89. The van der Waals surface area contributed by atoms with E-state index in [0.717, 1.165) is 0 Å². The van der Waals surface area contributed by atoms with E-state index in [9.17, 15) is 4.79 Å². The van der Waals surface area contributed by atoms with Crippen molar-refractivity contribution in [2.45, 2.75) is 25.3 Å². The first-order valence-corrected chi connectivity index (χ1v) is 5.83. The maximum Gasteiger partial charge on any atom is 0.222 e. The Hall–Kier alpha value is -0.650. The molecule has 0 spiro atoms. The average molecular weight is 230 g/mol. The highest BCUT2D eigenvalue weighted by atomic mass is 16.5. The number of carbonyl (C=O) groups excluding carboxylic acids is 1. The topological polar surface area (TPSA) is 73.6 Å². The van der Waals surface area contributed by atoms with E-state index >= 15 is 0 Å². The first kappa shape index (κ1) is 13.4. The van der Waals surface area contributed by atoms with Crippen molar-refractivity contribution >= 4 is 5.91 Å². The van der Waals surface area contributed by atoms with Gasteiger partial charge in [0.1, 0.15) is 0 Å². The minimum absolute atomic E-state index is 0.00789. The van der Waals surface area contributed by atoms with Gasteiger partial charge < -0.3 is 20.5 Å². The Morgan fingerprint density at radius 1 is 1.44 bits per heavy atom. The second kappa shape index (κ2) is 7.60. The van der Waals surface area contributed by atoms with Gasteiger partial charge in [-0.1, -0.05) is 0 Å². The number of nitrogens with two attached hydrogens (primary N) is 1. The van der Waals surface area contributed by atoms with E-state index in [1.165, 1.54) is 12.8 Å². The van der Waals surface area contributed by atoms with E-state index in [1.54, 1.807) is 7.11 Å². The van der Waals surface area contributed by atoms with Gasteiger partial charge >= 0.3 is 0 Å². The Morgan fingerprint density at radius 3 is 2.81 bits per heavy atom. The largest absolute Gasteiger partial charge is 0.382 e. The van der Waals surface area contributed by atoms with Crippen LogP contribution in [0.2, 0.25) is 0 Å². The summed E-state index contributed by atoms with van der Waals surface area (Å²) in [6.07, 6.45) is 2.80. The molecule has 1 aliphatic carbocycles. The lowest BCUT2D eigenvalue weighted by atomic mass is 10.2. The fourth-order valence-corrected chi connectivity index (χ4v) is 1.42. The Kier molecular flexibility index (Phi) is 6.37. The summed E-state index contributed by atoms with van der Waals surface area (Å²) < 4.78 is 10.0. The number of ether oxygens (including phenoxy) is 2. The zero-order valence-corrected chi connectivity index (χ0v) is 9.91. The van der Waals surface area contributed by atoms with Crippen molar-refractivity contribution in [3.8, 4) is 0 Å². The number of methoxy groups -OCH3 is 1. The van der Waals surface area contributed by atoms with Crippen molar-refractivity contribution in [3.05, 3.63) is 0 Å². The van der Waals surface area contributed by atoms with Crippen LogP contribution in [-0.4, -0.2) is 45.4 Å². The molecule has 1 saturated carbocycles. The molecular weight excluding hydrogens is 208 g/mol. The number of hydrogen-bond donors (Lipinski definition) is 2. The summed E-state index contributed by atoms with van der Waals surface area (Å²) >= 11 is 0. The lowest BCUT2D eigenvalue weighted by Crippen LogP contribution is -2.38. The SMILES string of the molecule is COCCOCCC(=O)NCC(N)C1CC1. The summed E-state index contributed by atoms with van der Waals surface area (Å²) in [6, 6.07) is 0.123. The first-order chi connectivity index (χ1) is 7.74. The maximum atomic E-state index is 11.3. The van der Waals surface area contributed by atoms with E-state index in [1.807, 2.05) is 0 Å². The van der Waals surface area contributed by atoms with Gasteiger partial charge in [0.25, 0.3) is 0 Å². The van der Waals surface area contributed by atoms with Crippen LogP contribution < -0.4 is 11.1 Å². The van der Waals surface area contributed by atoms with Crippen LogP contribution in [-0.2, 0) is 14.3 Å². The molecule has 0 aromatic carbocycles. The van der Waals surface area contributed by atoms with Gasteiger partial charge in [0, 0.05) is 26.1 Å². The molecular formula is C11H22N2O3. The van der Waals surface area contributed by atoms with Crippen molar-refractivity contribution in [2.24, 2.45) is 11.7 Å². The Labute approximate surface area is 96.7 Å². The molecule has 1 unspecified atom stereocenters. The lowest BCUT2D eigenvalue weighted by molar-refractivity contribution is -0.122. The number of rotatable bonds is 9. The Morgan fingerprint density at radius 2 is 2.19 bits per heavy atom. The van der Waals surface area contributed by atoms with Gasteiger partial charge in [-0.05, 0) is 18.8 Å². The fraction of sp³-hybridized carbons (Fsp3) is 0.909. The van der Waals surface area contributed by atoms with Crippen LogP contribution in [0.15, 0.2) is 0 Å². The minimum atomic E-state index is 0.00789. The van der Waals surface area contributed by atoms with Crippen LogP contribution >= 0.6 is 0 Å². The summed E-state index contributed by atoms with van der Waals surface area (Å²) in [4.78, 5) is 11.3. The van der Waals surface area contributed by atoms with E-state index in [4.69, 9.17) is 15.2 Å². The van der Waals surface area contributed by atoms with Crippen LogP contribution in [0, 0.1) is 5.92 Å². The number of nitrogens with one attached hydrogen (secondary N) is 1. The number of hydrogen-bond acceptors (Lipinski definition) is 4. The average Bonchev–Trinajstić information content (AvgIpc) is 3.09. The predicted octanol–water partition coefficient (Wildman–Crippen LogP) is -0.107. The van der Waals surface area contributed by atoms with Crippen LogP contribution in [0.4, 0.5) is 0 Å². The van der Waals surface area contributed by atoms with Crippen LogP contribution in [0.3, 0.4) is 0 Å². The van der Waals surface area contributed by atoms with Gasteiger partial charge in [-0.25, -0.2) is 0 Å². The van der Waals surface area contributed by atoms with Crippen molar-refractivity contribution in [1.82, 2.24) is 5.32 Å². The molecule has 1 aliphatic rings. The van der Waals surface area contributed by atoms with Gasteiger partial charge in [-0.15, -0.1) is 0 Å². The standard InChI is InChI=1S/C11H22N2O3/c1-15-6-7-16-5-4-11(14)13-8-10(12)9-2-3-9/h9-10H,2-8,12H2,1H3,(H,13,14). The lowest BCUT2D eigenvalue weighted by Gasteiger charge is -2.11.